The summed E-state index contributed by atoms with van der Waals surface area (Å²) in [4.78, 5) is 18.7. The van der Waals surface area contributed by atoms with Crippen LogP contribution in [0.5, 0.6) is 0 Å². The van der Waals surface area contributed by atoms with Crippen molar-refractivity contribution in [3.8, 4) is 11.5 Å². The normalized spacial score (nSPS) is 19.5. The highest BCUT2D eigenvalue weighted by atomic mass is 15.7. The Hall–Kier alpha value is -3.32. The van der Waals surface area contributed by atoms with Gasteiger partial charge in [-0.1, -0.05) is 12.1 Å². The van der Waals surface area contributed by atoms with Gasteiger partial charge in [0, 0.05) is 31.7 Å². The third kappa shape index (κ3) is 2.47. The molecule has 0 fully saturated rings. The molecular formula is C21H21N7. The number of aliphatic imine (C=N–C) groups is 2. The number of fused-ring (bicyclic) bond motifs is 2. The second kappa shape index (κ2) is 6.10. The highest BCUT2D eigenvalue weighted by Crippen LogP contribution is 2.34. The number of allylic oxidation sites excluding steroid dienone is 2. The molecular weight excluding hydrogens is 350 g/mol. The lowest BCUT2D eigenvalue weighted by molar-refractivity contribution is 0.0888. The summed E-state index contributed by atoms with van der Waals surface area (Å²) in [7, 11) is 4.07. The van der Waals surface area contributed by atoms with Gasteiger partial charge in [-0.3, -0.25) is 4.98 Å². The zero-order valence-corrected chi connectivity index (χ0v) is 16.3. The predicted octanol–water partition coefficient (Wildman–Crippen LogP) is 3.53. The Morgan fingerprint density at radius 3 is 2.68 bits per heavy atom. The Kier molecular flexibility index (Phi) is 3.67. The zero-order valence-electron chi connectivity index (χ0n) is 16.3. The van der Waals surface area contributed by atoms with Gasteiger partial charge in [-0.05, 0) is 49.8 Å². The maximum absolute atomic E-state index is 4.86. The van der Waals surface area contributed by atoms with Crippen molar-refractivity contribution in [3.05, 3.63) is 59.9 Å². The molecule has 7 nitrogen and oxygen atoms in total. The van der Waals surface area contributed by atoms with Crippen molar-refractivity contribution in [1.29, 1.82) is 0 Å². The van der Waals surface area contributed by atoms with Crippen molar-refractivity contribution in [3.63, 3.8) is 0 Å². The number of nitrogens with zero attached hydrogens (tertiary/aromatic N) is 7. The number of pyridine rings is 1. The number of rotatable bonds is 2. The first-order chi connectivity index (χ1) is 13.5. The van der Waals surface area contributed by atoms with E-state index in [0.717, 1.165) is 45.5 Å². The molecule has 28 heavy (non-hydrogen) atoms. The van der Waals surface area contributed by atoms with Crippen molar-refractivity contribution < 1.29 is 0 Å². The van der Waals surface area contributed by atoms with E-state index in [1.165, 1.54) is 0 Å². The average Bonchev–Trinajstić information content (AvgIpc) is 3.19. The van der Waals surface area contributed by atoms with Gasteiger partial charge in [-0.25, -0.2) is 20.0 Å². The minimum Gasteiger partial charge on any atom is -0.326 e. The molecule has 2 aromatic heterocycles. The Labute approximate surface area is 163 Å². The number of aryl methyl sites for hydroxylation is 1. The van der Waals surface area contributed by atoms with Gasteiger partial charge in [0.15, 0.2) is 5.82 Å². The molecule has 1 unspecified atom stereocenters. The average molecular weight is 371 g/mol. The van der Waals surface area contributed by atoms with E-state index in [4.69, 9.17) is 9.98 Å². The van der Waals surface area contributed by atoms with E-state index in [1.54, 1.807) is 6.20 Å². The highest BCUT2D eigenvalue weighted by molar-refractivity contribution is 6.05. The van der Waals surface area contributed by atoms with Crippen molar-refractivity contribution in [2.75, 3.05) is 7.05 Å². The molecule has 0 N–H and O–H groups in total. The number of guanidine groups is 1. The van der Waals surface area contributed by atoms with Crippen LogP contribution in [0.15, 0.2) is 64.4 Å². The van der Waals surface area contributed by atoms with E-state index in [-0.39, 0.29) is 6.17 Å². The molecule has 2 aliphatic rings. The minimum atomic E-state index is -0.120. The molecule has 4 heterocycles. The molecule has 3 aromatic rings. The van der Waals surface area contributed by atoms with E-state index in [1.807, 2.05) is 39.2 Å². The van der Waals surface area contributed by atoms with Crippen LogP contribution < -0.4 is 0 Å². The smallest absolute Gasteiger partial charge is 0.242 e. The van der Waals surface area contributed by atoms with E-state index in [0.29, 0.717) is 0 Å². The largest absolute Gasteiger partial charge is 0.326 e. The SMILES string of the molecule is CC1=CC(C)=NC2=NC(c3ccc4nc(-c5ccccn5)n(C)c4c3)N(C)N12. The van der Waals surface area contributed by atoms with E-state index in [2.05, 4.69) is 55.8 Å². The molecule has 2 aliphatic heterocycles. The summed E-state index contributed by atoms with van der Waals surface area (Å²) in [5.41, 5.74) is 6.07. The first-order valence-electron chi connectivity index (χ1n) is 9.25. The van der Waals surface area contributed by atoms with E-state index < -0.39 is 0 Å². The molecule has 0 saturated carbocycles. The zero-order chi connectivity index (χ0) is 19.4. The summed E-state index contributed by atoms with van der Waals surface area (Å²) in [6.07, 6.45) is 3.74. The first kappa shape index (κ1) is 16.8. The molecule has 0 aliphatic carbocycles. The Bertz CT molecular complexity index is 1170. The third-order valence-electron chi connectivity index (χ3n) is 5.22. The van der Waals surface area contributed by atoms with Crippen LogP contribution in [0, 0.1) is 0 Å². The van der Waals surface area contributed by atoms with Crippen molar-refractivity contribution in [1.82, 2.24) is 24.6 Å². The second-order valence-corrected chi connectivity index (χ2v) is 7.18. The molecule has 1 aromatic carbocycles. The predicted molar refractivity (Wildman–Crippen MR) is 111 cm³/mol. The molecule has 0 saturated heterocycles. The van der Waals surface area contributed by atoms with Crippen LogP contribution in [0.2, 0.25) is 0 Å². The Morgan fingerprint density at radius 1 is 1.04 bits per heavy atom. The number of aromatic nitrogens is 3. The van der Waals surface area contributed by atoms with Gasteiger partial charge in [-0.2, -0.15) is 5.01 Å². The van der Waals surface area contributed by atoms with Crippen LogP contribution >= 0.6 is 0 Å². The number of hydrogen-bond acceptors (Lipinski definition) is 6. The van der Waals surface area contributed by atoms with E-state index >= 15 is 0 Å². The Balaban J connectivity index is 1.58. The summed E-state index contributed by atoms with van der Waals surface area (Å²) < 4.78 is 2.09. The van der Waals surface area contributed by atoms with Crippen molar-refractivity contribution in [2.24, 2.45) is 17.0 Å². The molecule has 5 rings (SSSR count). The minimum absolute atomic E-state index is 0.120. The highest BCUT2D eigenvalue weighted by Gasteiger charge is 2.34. The van der Waals surface area contributed by atoms with Crippen LogP contribution in [0.25, 0.3) is 22.6 Å². The van der Waals surface area contributed by atoms with Gasteiger partial charge >= 0.3 is 0 Å². The molecule has 1 atom stereocenters. The van der Waals surface area contributed by atoms with E-state index in [9.17, 15) is 0 Å². The number of hydrazine groups is 1. The monoisotopic (exact) mass is 371 g/mol. The molecule has 0 amide bonds. The topological polar surface area (TPSA) is 61.9 Å². The first-order valence-corrected chi connectivity index (χ1v) is 9.25. The van der Waals surface area contributed by atoms with Gasteiger partial charge in [0.05, 0.1) is 11.0 Å². The summed E-state index contributed by atoms with van der Waals surface area (Å²) >= 11 is 0. The fraction of sp³-hybridized carbons (Fsp3) is 0.238. The van der Waals surface area contributed by atoms with Gasteiger partial charge in [0.2, 0.25) is 5.96 Å². The van der Waals surface area contributed by atoms with Crippen LogP contribution in [-0.2, 0) is 7.05 Å². The summed E-state index contributed by atoms with van der Waals surface area (Å²) in [5, 5.41) is 4.18. The van der Waals surface area contributed by atoms with Gasteiger partial charge in [-0.15, -0.1) is 0 Å². The lowest BCUT2D eigenvalue weighted by atomic mass is 10.1. The van der Waals surface area contributed by atoms with Gasteiger partial charge in [0.25, 0.3) is 0 Å². The lowest BCUT2D eigenvalue weighted by Crippen LogP contribution is -2.39. The standard InChI is InChI=1S/C21H21N7/c1-13-11-14(2)28-21(23-13)25-19(27(28)4)15-8-9-16-18(12-15)26(3)20(24-16)17-7-5-6-10-22-17/h5-12,19H,1-4H3. The van der Waals surface area contributed by atoms with Crippen LogP contribution in [0.4, 0.5) is 0 Å². The van der Waals surface area contributed by atoms with Gasteiger partial charge in [0.1, 0.15) is 11.9 Å². The number of benzene rings is 1. The molecule has 0 radical (unpaired) electrons. The summed E-state index contributed by atoms with van der Waals surface area (Å²) in [6.45, 7) is 4.08. The van der Waals surface area contributed by atoms with Crippen LogP contribution in [0.3, 0.4) is 0 Å². The van der Waals surface area contributed by atoms with Gasteiger partial charge < -0.3 is 4.57 Å². The van der Waals surface area contributed by atoms with Crippen LogP contribution in [-0.4, -0.2) is 43.3 Å². The third-order valence-corrected chi connectivity index (χ3v) is 5.22. The van der Waals surface area contributed by atoms with Crippen molar-refractivity contribution >= 4 is 22.7 Å². The number of imidazole rings is 1. The van der Waals surface area contributed by atoms with Crippen molar-refractivity contribution in [2.45, 2.75) is 20.0 Å². The molecule has 140 valence electrons. The second-order valence-electron chi connectivity index (χ2n) is 7.18. The lowest BCUT2D eigenvalue weighted by Gasteiger charge is -2.31. The molecule has 0 spiro atoms. The molecule has 0 bridgehead atoms. The number of hydrogen-bond donors (Lipinski definition) is 0. The quantitative estimate of drug-likeness (QED) is 0.691. The summed E-state index contributed by atoms with van der Waals surface area (Å²) in [5.74, 6) is 1.60. The van der Waals surface area contributed by atoms with Crippen LogP contribution in [0.1, 0.15) is 25.6 Å². The summed E-state index contributed by atoms with van der Waals surface area (Å²) in [6, 6.07) is 12.2. The maximum Gasteiger partial charge on any atom is 0.242 e. The molecule has 7 heteroatoms. The maximum atomic E-state index is 4.86. The fourth-order valence-corrected chi connectivity index (χ4v) is 3.92. The fourth-order valence-electron chi connectivity index (χ4n) is 3.92. The Morgan fingerprint density at radius 2 is 1.89 bits per heavy atom.